The van der Waals surface area contributed by atoms with Crippen LogP contribution in [0.4, 0.5) is 5.69 Å². The third-order valence-electron chi connectivity index (χ3n) is 5.27. The smallest absolute Gasteiger partial charge is 0.274 e. The fraction of sp³-hybridized carbons (Fsp3) is 0.500. The van der Waals surface area contributed by atoms with Gasteiger partial charge in [-0.2, -0.15) is 5.10 Å². The van der Waals surface area contributed by atoms with Gasteiger partial charge in [-0.05, 0) is 43.8 Å². The maximum atomic E-state index is 12.9. The van der Waals surface area contributed by atoms with Crippen LogP contribution < -0.4 is 5.32 Å². The summed E-state index contributed by atoms with van der Waals surface area (Å²) in [5.74, 6) is 1.13. The number of rotatable bonds is 2. The van der Waals surface area contributed by atoms with Crippen molar-refractivity contribution in [2.75, 3.05) is 26.2 Å². The number of carbonyl (C=O) groups excluding carboxylic acids is 1. The lowest BCUT2D eigenvalue weighted by Crippen LogP contribution is -2.33. The molecule has 126 valence electrons. The van der Waals surface area contributed by atoms with Crippen molar-refractivity contribution < 1.29 is 9.72 Å². The number of hydrogen-bond acceptors (Lipinski definition) is 5. The van der Waals surface area contributed by atoms with E-state index < -0.39 is 4.92 Å². The Labute approximate surface area is 138 Å². The molecule has 2 fully saturated rings. The van der Waals surface area contributed by atoms with Gasteiger partial charge in [-0.3, -0.25) is 20.0 Å². The summed E-state index contributed by atoms with van der Waals surface area (Å²) in [6.07, 6.45) is 1.98. The van der Waals surface area contributed by atoms with Crippen LogP contribution in [-0.4, -0.2) is 52.1 Å². The quantitative estimate of drug-likeness (QED) is 0.642. The number of fused-ring (bicyclic) bond motifs is 2. The number of nitrogens with zero attached hydrogens (tertiary/aromatic N) is 3. The SMILES string of the molecule is O=C(c1n[nH]c2ccc([N+](=O)[O-])cc12)N1CC[C@@H]2CNC[C@@H]2CC1. The molecule has 1 aromatic heterocycles. The molecule has 2 saturated heterocycles. The first kappa shape index (κ1) is 15.1. The highest BCUT2D eigenvalue weighted by atomic mass is 16.6. The van der Waals surface area contributed by atoms with Crippen LogP contribution in [0.3, 0.4) is 0 Å². The zero-order valence-electron chi connectivity index (χ0n) is 13.2. The van der Waals surface area contributed by atoms with E-state index in [4.69, 9.17) is 0 Å². The fourth-order valence-corrected chi connectivity index (χ4v) is 3.85. The lowest BCUT2D eigenvalue weighted by Gasteiger charge is -2.19. The van der Waals surface area contributed by atoms with Crippen LogP contribution in [0, 0.1) is 22.0 Å². The monoisotopic (exact) mass is 329 g/mol. The molecule has 1 aromatic carbocycles. The van der Waals surface area contributed by atoms with Crippen molar-refractivity contribution >= 4 is 22.5 Å². The maximum absolute atomic E-state index is 12.9. The molecule has 3 heterocycles. The summed E-state index contributed by atoms with van der Waals surface area (Å²) in [4.78, 5) is 25.2. The molecule has 2 aromatic rings. The fourth-order valence-electron chi connectivity index (χ4n) is 3.85. The molecule has 0 unspecified atom stereocenters. The van der Waals surface area contributed by atoms with E-state index in [1.807, 2.05) is 4.90 Å². The number of non-ortho nitro benzene ring substituents is 1. The Bertz CT molecular complexity index is 788. The van der Waals surface area contributed by atoms with Crippen molar-refractivity contribution in [1.82, 2.24) is 20.4 Å². The second-order valence-electron chi connectivity index (χ2n) is 6.61. The Morgan fingerprint density at radius 3 is 2.62 bits per heavy atom. The predicted molar refractivity (Wildman–Crippen MR) is 87.7 cm³/mol. The molecule has 1 amide bonds. The summed E-state index contributed by atoms with van der Waals surface area (Å²) < 4.78 is 0. The number of hydrogen-bond donors (Lipinski definition) is 2. The first-order chi connectivity index (χ1) is 11.6. The Kier molecular flexibility index (Phi) is 3.68. The van der Waals surface area contributed by atoms with Crippen LogP contribution >= 0.6 is 0 Å². The molecule has 0 aliphatic carbocycles. The van der Waals surface area contributed by atoms with Crippen LogP contribution in [0.1, 0.15) is 23.3 Å². The molecule has 2 atom stereocenters. The topological polar surface area (TPSA) is 104 Å². The molecule has 4 rings (SSSR count). The number of H-pyrrole nitrogens is 1. The third-order valence-corrected chi connectivity index (χ3v) is 5.27. The van der Waals surface area contributed by atoms with E-state index in [1.165, 1.54) is 12.1 Å². The Hall–Kier alpha value is -2.48. The molecule has 2 aliphatic heterocycles. The summed E-state index contributed by atoms with van der Waals surface area (Å²) in [5.41, 5.74) is 0.883. The predicted octanol–water partition coefficient (Wildman–Crippen LogP) is 1.54. The molecule has 8 nitrogen and oxygen atoms in total. The van der Waals surface area contributed by atoms with Gasteiger partial charge in [0.15, 0.2) is 5.69 Å². The maximum Gasteiger partial charge on any atom is 0.274 e. The van der Waals surface area contributed by atoms with E-state index >= 15 is 0 Å². The van der Waals surface area contributed by atoms with Crippen molar-refractivity contribution in [3.63, 3.8) is 0 Å². The van der Waals surface area contributed by atoms with Gasteiger partial charge in [0.2, 0.25) is 0 Å². The first-order valence-electron chi connectivity index (χ1n) is 8.26. The number of nitro benzene ring substituents is 1. The van der Waals surface area contributed by atoms with Crippen LogP contribution in [0.25, 0.3) is 10.9 Å². The largest absolute Gasteiger partial charge is 0.337 e. The van der Waals surface area contributed by atoms with Gasteiger partial charge in [0, 0.05) is 30.6 Å². The molecular weight excluding hydrogens is 310 g/mol. The zero-order chi connectivity index (χ0) is 16.7. The number of nitrogens with one attached hydrogen (secondary N) is 2. The van der Waals surface area contributed by atoms with E-state index in [9.17, 15) is 14.9 Å². The van der Waals surface area contributed by atoms with Gasteiger partial charge in [-0.15, -0.1) is 0 Å². The highest BCUT2D eigenvalue weighted by Crippen LogP contribution is 2.29. The van der Waals surface area contributed by atoms with E-state index in [0.29, 0.717) is 35.8 Å². The number of likely N-dealkylation sites (tertiary alicyclic amines) is 1. The summed E-state index contributed by atoms with van der Waals surface area (Å²) in [6.45, 7) is 3.49. The van der Waals surface area contributed by atoms with Crippen LogP contribution in [0.2, 0.25) is 0 Å². The summed E-state index contributed by atoms with van der Waals surface area (Å²) in [5, 5.41) is 21.8. The minimum atomic E-state index is -0.458. The van der Waals surface area contributed by atoms with Crippen LogP contribution in [-0.2, 0) is 0 Å². The number of aromatic nitrogens is 2. The number of amides is 1. The van der Waals surface area contributed by atoms with E-state index in [-0.39, 0.29) is 17.3 Å². The van der Waals surface area contributed by atoms with E-state index in [2.05, 4.69) is 15.5 Å². The Morgan fingerprint density at radius 2 is 1.96 bits per heavy atom. The summed E-state index contributed by atoms with van der Waals surface area (Å²) >= 11 is 0. The van der Waals surface area contributed by atoms with Gasteiger partial charge in [0.05, 0.1) is 10.4 Å². The number of carbonyl (C=O) groups is 1. The van der Waals surface area contributed by atoms with Crippen molar-refractivity contribution in [1.29, 1.82) is 0 Å². The Morgan fingerprint density at radius 1 is 1.25 bits per heavy atom. The zero-order valence-corrected chi connectivity index (χ0v) is 13.2. The normalized spacial score (nSPS) is 23.9. The second kappa shape index (κ2) is 5.86. The number of benzene rings is 1. The van der Waals surface area contributed by atoms with E-state index in [1.54, 1.807) is 6.07 Å². The molecule has 0 radical (unpaired) electrons. The van der Waals surface area contributed by atoms with Gasteiger partial charge in [0.1, 0.15) is 0 Å². The van der Waals surface area contributed by atoms with Crippen molar-refractivity contribution in [3.05, 3.63) is 34.0 Å². The van der Waals surface area contributed by atoms with Crippen LogP contribution in [0.15, 0.2) is 18.2 Å². The standard InChI is InChI=1S/C16H19N5O3/c22-16(20-5-3-10-8-17-9-11(10)4-6-20)15-13-7-12(21(23)24)1-2-14(13)18-19-15/h1-2,7,10-11,17H,3-6,8-9H2,(H,18,19)/t10-,11+. The number of nitro groups is 1. The third kappa shape index (κ3) is 2.52. The Balaban J connectivity index is 1.61. The van der Waals surface area contributed by atoms with Gasteiger partial charge in [0.25, 0.3) is 11.6 Å². The van der Waals surface area contributed by atoms with Crippen LogP contribution in [0.5, 0.6) is 0 Å². The first-order valence-corrected chi connectivity index (χ1v) is 8.26. The van der Waals surface area contributed by atoms with Crippen molar-refractivity contribution in [2.45, 2.75) is 12.8 Å². The van der Waals surface area contributed by atoms with Gasteiger partial charge in [-0.25, -0.2) is 0 Å². The van der Waals surface area contributed by atoms with Crippen molar-refractivity contribution in [2.24, 2.45) is 11.8 Å². The molecule has 2 N–H and O–H groups in total. The lowest BCUT2D eigenvalue weighted by molar-refractivity contribution is -0.384. The highest BCUT2D eigenvalue weighted by Gasteiger charge is 2.32. The van der Waals surface area contributed by atoms with E-state index in [0.717, 1.165) is 25.9 Å². The van der Waals surface area contributed by atoms with Gasteiger partial charge < -0.3 is 10.2 Å². The van der Waals surface area contributed by atoms with Gasteiger partial charge >= 0.3 is 0 Å². The number of aromatic amines is 1. The molecule has 0 spiro atoms. The second-order valence-corrected chi connectivity index (χ2v) is 6.61. The molecule has 2 aliphatic rings. The summed E-state index contributed by atoms with van der Waals surface area (Å²) in [7, 11) is 0. The highest BCUT2D eigenvalue weighted by molar-refractivity contribution is 6.05. The summed E-state index contributed by atoms with van der Waals surface area (Å²) in [6, 6.07) is 4.42. The minimum absolute atomic E-state index is 0.0329. The minimum Gasteiger partial charge on any atom is -0.337 e. The molecule has 0 saturated carbocycles. The average molecular weight is 329 g/mol. The molecule has 24 heavy (non-hydrogen) atoms. The average Bonchev–Trinajstić information content (AvgIpc) is 3.16. The molecule has 0 bridgehead atoms. The molecule has 8 heteroatoms. The lowest BCUT2D eigenvalue weighted by atomic mass is 9.92. The molecular formula is C16H19N5O3. The van der Waals surface area contributed by atoms with Gasteiger partial charge in [-0.1, -0.05) is 0 Å². The van der Waals surface area contributed by atoms with Crippen molar-refractivity contribution in [3.8, 4) is 0 Å².